The first kappa shape index (κ1) is 14.6. The Morgan fingerprint density at radius 1 is 1.53 bits per heavy atom. The van der Waals surface area contributed by atoms with Crippen LogP contribution >= 0.6 is 0 Å². The molecule has 0 spiro atoms. The van der Waals surface area contributed by atoms with Gasteiger partial charge < -0.3 is 10.1 Å². The number of ether oxygens (including phenoxy) is 1. The topological polar surface area (TPSA) is 55.4 Å². The van der Waals surface area contributed by atoms with E-state index in [-0.39, 0.29) is 12.0 Å². The van der Waals surface area contributed by atoms with Crippen LogP contribution in [0.3, 0.4) is 0 Å². The highest BCUT2D eigenvalue weighted by molar-refractivity contribution is 7.84. The Kier molecular flexibility index (Phi) is 8.61. The maximum absolute atomic E-state index is 11.1. The molecule has 0 aliphatic heterocycles. The summed E-state index contributed by atoms with van der Waals surface area (Å²) in [6, 6.07) is 0.120. The van der Waals surface area contributed by atoms with Crippen molar-refractivity contribution in [2.45, 2.75) is 32.7 Å². The van der Waals surface area contributed by atoms with E-state index in [0.29, 0.717) is 18.8 Å². The largest absolute Gasteiger partial charge is 0.466 e. The Labute approximate surface area is 94.2 Å². The van der Waals surface area contributed by atoms with Crippen LogP contribution in [0.4, 0.5) is 0 Å². The molecule has 0 aliphatic carbocycles. The number of esters is 1. The van der Waals surface area contributed by atoms with Gasteiger partial charge in [0.2, 0.25) is 0 Å². The number of carbonyl (C=O) groups excluding carboxylic acids is 1. The lowest BCUT2D eigenvalue weighted by Crippen LogP contribution is -2.30. The molecule has 0 saturated carbocycles. The molecule has 0 saturated heterocycles. The van der Waals surface area contributed by atoms with Crippen molar-refractivity contribution in [2.24, 2.45) is 0 Å². The van der Waals surface area contributed by atoms with E-state index < -0.39 is 10.8 Å². The molecule has 5 heteroatoms. The highest BCUT2D eigenvalue weighted by Gasteiger charge is 2.08. The number of rotatable bonds is 8. The van der Waals surface area contributed by atoms with E-state index in [9.17, 15) is 9.00 Å². The minimum Gasteiger partial charge on any atom is -0.466 e. The zero-order chi connectivity index (χ0) is 11.7. The van der Waals surface area contributed by atoms with Gasteiger partial charge >= 0.3 is 5.97 Å². The van der Waals surface area contributed by atoms with Crippen LogP contribution < -0.4 is 5.32 Å². The second kappa shape index (κ2) is 8.85. The summed E-state index contributed by atoms with van der Waals surface area (Å²) in [5.41, 5.74) is 0. The highest BCUT2D eigenvalue weighted by atomic mass is 32.2. The van der Waals surface area contributed by atoms with Crippen molar-refractivity contribution in [3.8, 4) is 0 Å². The molecule has 4 nitrogen and oxygen atoms in total. The van der Waals surface area contributed by atoms with Crippen molar-refractivity contribution in [3.05, 3.63) is 0 Å². The summed E-state index contributed by atoms with van der Waals surface area (Å²) in [4.78, 5) is 11.1. The monoisotopic (exact) mass is 235 g/mol. The molecule has 0 rings (SSSR count). The number of nitrogens with one attached hydrogen (secondary N) is 1. The Morgan fingerprint density at radius 3 is 2.73 bits per heavy atom. The molecule has 1 N–H and O–H groups in total. The lowest BCUT2D eigenvalue weighted by atomic mass is 10.2. The maximum Gasteiger partial charge on any atom is 0.307 e. The third-order valence-corrected chi connectivity index (χ3v) is 2.74. The molecular formula is C10H21NO3S. The summed E-state index contributed by atoms with van der Waals surface area (Å²) in [7, 11) is -0.726. The predicted octanol–water partition coefficient (Wildman–Crippen LogP) is 0.686. The van der Waals surface area contributed by atoms with Crippen molar-refractivity contribution in [1.29, 1.82) is 0 Å². The standard InChI is InChI=1S/C10H21NO3S/c1-4-14-10(12)8-9(2)11-6-5-7-15(3)13/h9,11H,4-8H2,1-3H3. The van der Waals surface area contributed by atoms with Crippen LogP contribution in [0.15, 0.2) is 0 Å². The molecule has 0 aromatic rings. The second-order valence-corrected chi connectivity index (χ2v) is 5.05. The molecule has 0 amide bonds. The van der Waals surface area contributed by atoms with Gasteiger partial charge in [0.05, 0.1) is 13.0 Å². The molecule has 0 aromatic carbocycles. The maximum atomic E-state index is 11.1. The van der Waals surface area contributed by atoms with Crippen LogP contribution in [0.1, 0.15) is 26.7 Å². The van der Waals surface area contributed by atoms with Gasteiger partial charge in [0.25, 0.3) is 0 Å². The summed E-state index contributed by atoms with van der Waals surface area (Å²) >= 11 is 0. The van der Waals surface area contributed by atoms with Gasteiger partial charge in [0.1, 0.15) is 0 Å². The lowest BCUT2D eigenvalue weighted by Gasteiger charge is -2.12. The zero-order valence-corrected chi connectivity index (χ0v) is 10.6. The average Bonchev–Trinajstić information content (AvgIpc) is 2.12. The molecule has 0 aromatic heterocycles. The van der Waals surface area contributed by atoms with Crippen molar-refractivity contribution in [3.63, 3.8) is 0 Å². The molecule has 0 radical (unpaired) electrons. The quantitative estimate of drug-likeness (QED) is 0.497. The molecule has 90 valence electrons. The van der Waals surface area contributed by atoms with Crippen LogP contribution in [0.2, 0.25) is 0 Å². The van der Waals surface area contributed by atoms with Gasteiger partial charge in [-0.05, 0) is 26.8 Å². The van der Waals surface area contributed by atoms with Crippen molar-refractivity contribution in [2.75, 3.05) is 25.2 Å². The van der Waals surface area contributed by atoms with Gasteiger partial charge in [0.15, 0.2) is 0 Å². The average molecular weight is 235 g/mol. The molecular weight excluding hydrogens is 214 g/mol. The third kappa shape index (κ3) is 9.87. The Balaban J connectivity index is 3.44. The number of carbonyl (C=O) groups is 1. The summed E-state index contributed by atoms with van der Waals surface area (Å²) in [5.74, 6) is 0.538. The molecule has 15 heavy (non-hydrogen) atoms. The normalized spacial score (nSPS) is 14.6. The van der Waals surface area contributed by atoms with Gasteiger partial charge in [-0.2, -0.15) is 0 Å². The molecule has 0 bridgehead atoms. The Hall–Kier alpha value is -0.420. The SMILES string of the molecule is CCOC(=O)CC(C)NCCCS(C)=O. The van der Waals surface area contributed by atoms with Crippen LogP contribution in [0, 0.1) is 0 Å². The highest BCUT2D eigenvalue weighted by Crippen LogP contribution is 1.94. The predicted molar refractivity (Wildman–Crippen MR) is 62.3 cm³/mol. The lowest BCUT2D eigenvalue weighted by molar-refractivity contribution is -0.143. The fourth-order valence-electron chi connectivity index (χ4n) is 1.17. The molecule has 0 heterocycles. The van der Waals surface area contributed by atoms with Crippen molar-refractivity contribution >= 4 is 16.8 Å². The molecule has 2 atom stereocenters. The van der Waals surface area contributed by atoms with Crippen molar-refractivity contribution < 1.29 is 13.7 Å². The smallest absolute Gasteiger partial charge is 0.307 e. The van der Waals surface area contributed by atoms with E-state index in [2.05, 4.69) is 5.32 Å². The van der Waals surface area contributed by atoms with Gasteiger partial charge in [-0.1, -0.05) is 0 Å². The Bertz CT molecular complexity index is 209. The fraction of sp³-hybridized carbons (Fsp3) is 0.900. The minimum absolute atomic E-state index is 0.120. The summed E-state index contributed by atoms with van der Waals surface area (Å²) < 4.78 is 15.6. The van der Waals surface area contributed by atoms with E-state index in [1.807, 2.05) is 6.92 Å². The van der Waals surface area contributed by atoms with Crippen LogP contribution in [0.5, 0.6) is 0 Å². The van der Waals surface area contributed by atoms with E-state index in [1.54, 1.807) is 13.2 Å². The third-order valence-electron chi connectivity index (χ3n) is 1.88. The van der Waals surface area contributed by atoms with Crippen LogP contribution in [-0.4, -0.2) is 41.4 Å². The van der Waals surface area contributed by atoms with E-state index in [0.717, 1.165) is 13.0 Å². The number of hydrogen-bond acceptors (Lipinski definition) is 4. The van der Waals surface area contributed by atoms with E-state index >= 15 is 0 Å². The van der Waals surface area contributed by atoms with Crippen LogP contribution in [0.25, 0.3) is 0 Å². The zero-order valence-electron chi connectivity index (χ0n) is 9.75. The van der Waals surface area contributed by atoms with E-state index in [1.165, 1.54) is 0 Å². The second-order valence-electron chi connectivity index (χ2n) is 3.50. The first-order chi connectivity index (χ1) is 7.06. The Morgan fingerprint density at radius 2 is 2.20 bits per heavy atom. The minimum atomic E-state index is -0.726. The fourth-order valence-corrected chi connectivity index (χ4v) is 1.72. The first-order valence-electron chi connectivity index (χ1n) is 5.25. The molecule has 0 aliphatic rings. The molecule has 0 fully saturated rings. The van der Waals surface area contributed by atoms with Crippen LogP contribution in [-0.2, 0) is 20.3 Å². The van der Waals surface area contributed by atoms with Gasteiger partial charge in [-0.15, -0.1) is 0 Å². The molecule has 2 unspecified atom stereocenters. The summed E-state index contributed by atoms with van der Waals surface area (Å²) in [6.07, 6.45) is 2.96. The van der Waals surface area contributed by atoms with Gasteiger partial charge in [0, 0.05) is 28.9 Å². The van der Waals surface area contributed by atoms with Gasteiger partial charge in [-0.3, -0.25) is 9.00 Å². The first-order valence-corrected chi connectivity index (χ1v) is 6.98. The number of hydrogen-bond donors (Lipinski definition) is 1. The summed E-state index contributed by atoms with van der Waals surface area (Å²) in [6.45, 7) is 4.97. The van der Waals surface area contributed by atoms with Crippen molar-refractivity contribution in [1.82, 2.24) is 5.32 Å². The van der Waals surface area contributed by atoms with E-state index in [4.69, 9.17) is 4.74 Å². The summed E-state index contributed by atoms with van der Waals surface area (Å²) in [5, 5.41) is 3.19. The van der Waals surface area contributed by atoms with Gasteiger partial charge in [-0.25, -0.2) is 0 Å².